The van der Waals surface area contributed by atoms with Crippen molar-refractivity contribution >= 4 is 11.9 Å². The lowest BCUT2D eigenvalue weighted by Crippen LogP contribution is -2.49. The molecule has 5 unspecified atom stereocenters. The van der Waals surface area contributed by atoms with Crippen LogP contribution in [0.5, 0.6) is 0 Å². The minimum Gasteiger partial charge on any atom is -0.481 e. The van der Waals surface area contributed by atoms with Crippen LogP contribution in [0.2, 0.25) is 0 Å². The van der Waals surface area contributed by atoms with Crippen molar-refractivity contribution in [3.63, 3.8) is 0 Å². The molecule has 0 aliphatic heterocycles. The molecule has 0 aromatic carbocycles. The summed E-state index contributed by atoms with van der Waals surface area (Å²) in [6.45, 7) is 5.40. The number of carbonyl (C=O) groups excluding carboxylic acids is 1. The predicted molar refractivity (Wildman–Crippen MR) is 80.8 cm³/mol. The van der Waals surface area contributed by atoms with Gasteiger partial charge in [0.1, 0.15) is 0 Å². The number of carboxylic acid groups (broad SMARTS) is 1. The molecule has 118 valence electrons. The first kappa shape index (κ1) is 16.0. The number of carbonyl (C=O) groups is 2. The van der Waals surface area contributed by atoms with E-state index in [4.69, 9.17) is 0 Å². The van der Waals surface area contributed by atoms with Crippen LogP contribution in [0.1, 0.15) is 20.3 Å². The van der Waals surface area contributed by atoms with E-state index in [0.29, 0.717) is 6.54 Å². The highest BCUT2D eigenvalue weighted by atomic mass is 16.4. The molecular weight excluding hydrogens is 268 g/mol. The Morgan fingerprint density at radius 1 is 1.24 bits per heavy atom. The lowest BCUT2D eigenvalue weighted by atomic mass is 9.82. The van der Waals surface area contributed by atoms with E-state index in [1.54, 1.807) is 0 Å². The number of fused-ring (bicyclic) bond motifs is 2. The molecule has 2 aliphatic rings. The van der Waals surface area contributed by atoms with Gasteiger partial charge in [0, 0.05) is 19.1 Å². The third-order valence-corrected chi connectivity index (χ3v) is 4.81. The molecule has 0 aromatic rings. The normalized spacial score (nSPS) is 31.7. The first-order valence-corrected chi connectivity index (χ1v) is 7.73. The maximum Gasteiger partial charge on any atom is 0.307 e. The lowest BCUT2D eigenvalue weighted by molar-refractivity contribution is -0.152. The molecule has 2 bridgehead atoms. The zero-order chi connectivity index (χ0) is 15.7. The van der Waals surface area contributed by atoms with Gasteiger partial charge in [-0.2, -0.15) is 0 Å². The van der Waals surface area contributed by atoms with Gasteiger partial charge >= 0.3 is 5.97 Å². The van der Waals surface area contributed by atoms with Crippen LogP contribution in [0.3, 0.4) is 0 Å². The zero-order valence-electron chi connectivity index (χ0n) is 13.3. The van der Waals surface area contributed by atoms with Gasteiger partial charge in [0.05, 0.1) is 11.8 Å². The number of likely N-dealkylation sites (N-methyl/N-ethyl adjacent to an activating group) is 2. The Bertz CT molecular complexity index is 447. The second-order valence-corrected chi connectivity index (χ2v) is 6.57. The van der Waals surface area contributed by atoms with Crippen molar-refractivity contribution in [1.82, 2.24) is 9.80 Å². The summed E-state index contributed by atoms with van der Waals surface area (Å²) in [7, 11) is 3.96. The summed E-state index contributed by atoms with van der Waals surface area (Å²) in [5, 5.41) is 9.48. The molecule has 0 radical (unpaired) electrons. The first-order chi connectivity index (χ1) is 9.86. The molecule has 1 fully saturated rings. The first-order valence-electron chi connectivity index (χ1n) is 7.73. The van der Waals surface area contributed by atoms with Crippen LogP contribution >= 0.6 is 0 Å². The standard InChI is InChI=1S/C16H26N2O3/c1-5-18(10(2)9-17(3)4)15(19)13-11-6-7-12(8-11)14(13)16(20)21/h6-7,10-14H,5,8-9H2,1-4H3,(H,20,21). The van der Waals surface area contributed by atoms with Crippen molar-refractivity contribution in [2.75, 3.05) is 27.2 Å². The molecule has 5 heteroatoms. The van der Waals surface area contributed by atoms with Crippen molar-refractivity contribution in [3.05, 3.63) is 12.2 Å². The third-order valence-electron chi connectivity index (χ3n) is 4.81. The van der Waals surface area contributed by atoms with Gasteiger partial charge in [-0.15, -0.1) is 0 Å². The number of rotatable bonds is 6. The summed E-state index contributed by atoms with van der Waals surface area (Å²) < 4.78 is 0. The summed E-state index contributed by atoms with van der Waals surface area (Å²) in [4.78, 5) is 28.4. The summed E-state index contributed by atoms with van der Waals surface area (Å²) in [5.74, 6) is -1.62. The molecule has 5 atom stereocenters. The topological polar surface area (TPSA) is 60.9 Å². The van der Waals surface area contributed by atoms with Gasteiger partial charge in [-0.25, -0.2) is 0 Å². The largest absolute Gasteiger partial charge is 0.481 e. The SMILES string of the molecule is CCN(C(=O)C1C2C=CC(C2)C1C(=O)O)C(C)CN(C)C. The van der Waals surface area contributed by atoms with Crippen LogP contribution in [0, 0.1) is 23.7 Å². The van der Waals surface area contributed by atoms with Gasteiger partial charge in [-0.05, 0) is 46.2 Å². The molecule has 1 N–H and O–H groups in total. The smallest absolute Gasteiger partial charge is 0.307 e. The van der Waals surface area contributed by atoms with Crippen molar-refractivity contribution in [2.24, 2.45) is 23.7 Å². The summed E-state index contributed by atoms with van der Waals surface area (Å²) in [6.07, 6.45) is 4.83. The summed E-state index contributed by atoms with van der Waals surface area (Å²) in [5.41, 5.74) is 0. The number of carboxylic acids is 1. The van der Waals surface area contributed by atoms with Crippen molar-refractivity contribution in [2.45, 2.75) is 26.3 Å². The fourth-order valence-corrected chi connectivity index (χ4v) is 4.00. The number of allylic oxidation sites excluding steroid dienone is 2. The van der Waals surface area contributed by atoms with Crippen molar-refractivity contribution in [1.29, 1.82) is 0 Å². The number of nitrogens with zero attached hydrogens (tertiary/aromatic N) is 2. The zero-order valence-corrected chi connectivity index (χ0v) is 13.3. The predicted octanol–water partition coefficient (Wildman–Crippen LogP) is 1.31. The molecule has 1 saturated carbocycles. The number of amides is 1. The van der Waals surface area contributed by atoms with Crippen LogP contribution in [0.25, 0.3) is 0 Å². The van der Waals surface area contributed by atoms with Gasteiger partial charge in [0.2, 0.25) is 5.91 Å². The lowest BCUT2D eigenvalue weighted by Gasteiger charge is -2.35. The van der Waals surface area contributed by atoms with Gasteiger partial charge in [-0.1, -0.05) is 12.2 Å². The molecule has 0 aromatic heterocycles. The van der Waals surface area contributed by atoms with E-state index in [9.17, 15) is 14.7 Å². The van der Waals surface area contributed by atoms with Gasteiger partial charge in [-0.3, -0.25) is 9.59 Å². The van der Waals surface area contributed by atoms with Crippen molar-refractivity contribution < 1.29 is 14.7 Å². The molecule has 2 rings (SSSR count). The molecule has 0 saturated heterocycles. The maximum absolute atomic E-state index is 12.9. The van der Waals surface area contributed by atoms with Crippen LogP contribution in [-0.2, 0) is 9.59 Å². The molecule has 0 heterocycles. The van der Waals surface area contributed by atoms with E-state index >= 15 is 0 Å². The Labute approximate surface area is 126 Å². The Morgan fingerprint density at radius 3 is 2.29 bits per heavy atom. The fourth-order valence-electron chi connectivity index (χ4n) is 4.00. The van der Waals surface area contributed by atoms with Crippen LogP contribution in [0.4, 0.5) is 0 Å². The van der Waals surface area contributed by atoms with E-state index in [-0.39, 0.29) is 29.7 Å². The van der Waals surface area contributed by atoms with Gasteiger partial charge in [0.15, 0.2) is 0 Å². The fraction of sp³-hybridized carbons (Fsp3) is 0.750. The molecular formula is C16H26N2O3. The number of hydrogen-bond donors (Lipinski definition) is 1. The minimum absolute atomic E-state index is 0.0103. The van der Waals surface area contributed by atoms with E-state index in [2.05, 4.69) is 4.90 Å². The van der Waals surface area contributed by atoms with E-state index in [1.165, 1.54) is 0 Å². The average Bonchev–Trinajstić information content (AvgIpc) is 2.98. The van der Waals surface area contributed by atoms with Gasteiger partial charge < -0.3 is 14.9 Å². The molecule has 21 heavy (non-hydrogen) atoms. The van der Waals surface area contributed by atoms with Crippen LogP contribution in [0.15, 0.2) is 12.2 Å². The summed E-state index contributed by atoms with van der Waals surface area (Å²) in [6, 6.07) is 0.0926. The number of hydrogen-bond acceptors (Lipinski definition) is 3. The second kappa shape index (κ2) is 6.18. The summed E-state index contributed by atoms with van der Waals surface area (Å²) >= 11 is 0. The molecule has 2 aliphatic carbocycles. The maximum atomic E-state index is 12.9. The van der Waals surface area contributed by atoms with Crippen LogP contribution in [-0.4, -0.2) is 60.0 Å². The molecule has 1 amide bonds. The van der Waals surface area contributed by atoms with Crippen LogP contribution < -0.4 is 0 Å². The molecule has 0 spiro atoms. The quantitative estimate of drug-likeness (QED) is 0.750. The monoisotopic (exact) mass is 294 g/mol. The number of aliphatic carboxylic acids is 1. The van der Waals surface area contributed by atoms with E-state index < -0.39 is 11.9 Å². The Morgan fingerprint density at radius 2 is 1.81 bits per heavy atom. The van der Waals surface area contributed by atoms with E-state index in [1.807, 2.05) is 45.0 Å². The highest BCUT2D eigenvalue weighted by Crippen LogP contribution is 2.48. The Balaban J connectivity index is 2.17. The minimum atomic E-state index is -0.832. The highest BCUT2D eigenvalue weighted by Gasteiger charge is 2.52. The van der Waals surface area contributed by atoms with Crippen molar-refractivity contribution in [3.8, 4) is 0 Å². The van der Waals surface area contributed by atoms with Gasteiger partial charge in [0.25, 0.3) is 0 Å². The second-order valence-electron chi connectivity index (χ2n) is 6.57. The average molecular weight is 294 g/mol. The Hall–Kier alpha value is -1.36. The highest BCUT2D eigenvalue weighted by molar-refractivity contribution is 5.87. The molecule has 5 nitrogen and oxygen atoms in total. The third kappa shape index (κ3) is 2.98. The Kier molecular flexibility index (Phi) is 4.71. The van der Waals surface area contributed by atoms with E-state index in [0.717, 1.165) is 13.0 Å².